The Balaban J connectivity index is 1.85. The van der Waals surface area contributed by atoms with E-state index in [1.54, 1.807) is 24.3 Å². The summed E-state index contributed by atoms with van der Waals surface area (Å²) in [5.41, 5.74) is 1.00. The molecular weight excluding hydrogens is 318 g/mol. The fraction of sp³-hybridized carbons (Fsp3) is 0.500. The first-order valence-electron chi connectivity index (χ1n) is 7.67. The van der Waals surface area contributed by atoms with Crippen LogP contribution in [-0.4, -0.2) is 38.4 Å². The summed E-state index contributed by atoms with van der Waals surface area (Å²) in [4.78, 5) is 23.6. The molecule has 0 aliphatic carbocycles. The van der Waals surface area contributed by atoms with Crippen molar-refractivity contribution in [1.82, 2.24) is 0 Å². The van der Waals surface area contributed by atoms with Gasteiger partial charge in [0.05, 0.1) is 23.7 Å². The zero-order valence-corrected chi connectivity index (χ0v) is 13.9. The third-order valence-corrected chi connectivity index (χ3v) is 5.48. The fourth-order valence-electron chi connectivity index (χ4n) is 2.47. The summed E-state index contributed by atoms with van der Waals surface area (Å²) in [6, 6.07) is 6.44. The highest BCUT2D eigenvalue weighted by Crippen LogP contribution is 2.22. The van der Waals surface area contributed by atoms with Crippen molar-refractivity contribution in [2.45, 2.75) is 26.2 Å². The van der Waals surface area contributed by atoms with Crippen LogP contribution in [0.5, 0.6) is 0 Å². The number of nitrogens with one attached hydrogen (secondary N) is 1. The van der Waals surface area contributed by atoms with Crippen molar-refractivity contribution in [2.24, 2.45) is 5.92 Å². The monoisotopic (exact) mass is 339 g/mol. The van der Waals surface area contributed by atoms with Gasteiger partial charge in [0.15, 0.2) is 9.84 Å². The number of hydrogen-bond donors (Lipinski definition) is 1. The molecule has 1 aliphatic rings. The number of carbonyl (C=O) groups is 2. The highest BCUT2D eigenvalue weighted by molar-refractivity contribution is 7.91. The molecule has 6 nitrogen and oxygen atoms in total. The minimum atomic E-state index is -2.97. The molecule has 1 atom stereocenters. The van der Waals surface area contributed by atoms with Crippen LogP contribution in [0.2, 0.25) is 0 Å². The van der Waals surface area contributed by atoms with Crippen molar-refractivity contribution in [3.05, 3.63) is 29.8 Å². The molecule has 1 aliphatic heterocycles. The quantitative estimate of drug-likeness (QED) is 0.801. The summed E-state index contributed by atoms with van der Waals surface area (Å²) >= 11 is 0. The second-order valence-electron chi connectivity index (χ2n) is 5.73. The molecule has 23 heavy (non-hydrogen) atoms. The number of rotatable bonds is 6. The molecule has 1 aromatic carbocycles. The smallest absolute Gasteiger partial charge is 0.338 e. The van der Waals surface area contributed by atoms with E-state index in [-0.39, 0.29) is 35.7 Å². The van der Waals surface area contributed by atoms with E-state index in [2.05, 4.69) is 5.32 Å². The van der Waals surface area contributed by atoms with Crippen LogP contribution in [0.15, 0.2) is 24.3 Å². The van der Waals surface area contributed by atoms with Crippen LogP contribution < -0.4 is 5.32 Å². The van der Waals surface area contributed by atoms with Crippen molar-refractivity contribution in [3.63, 3.8) is 0 Å². The lowest BCUT2D eigenvalue weighted by Crippen LogP contribution is -2.17. The Hall–Kier alpha value is -1.89. The third-order valence-electron chi connectivity index (χ3n) is 3.64. The van der Waals surface area contributed by atoms with Crippen LogP contribution >= 0.6 is 0 Å². The van der Waals surface area contributed by atoms with Crippen molar-refractivity contribution < 1.29 is 22.7 Å². The first kappa shape index (κ1) is 17.5. The minimum absolute atomic E-state index is 0.0859. The predicted molar refractivity (Wildman–Crippen MR) is 87.0 cm³/mol. The van der Waals surface area contributed by atoms with Gasteiger partial charge in [0.2, 0.25) is 5.91 Å². The SMILES string of the molecule is CCCOC(=O)c1ccc(NC(=O)C[C@@H]2CCS(=O)(=O)C2)cc1. The van der Waals surface area contributed by atoms with Gasteiger partial charge in [0, 0.05) is 12.1 Å². The van der Waals surface area contributed by atoms with Gasteiger partial charge >= 0.3 is 5.97 Å². The number of esters is 1. The molecule has 2 rings (SSSR count). The van der Waals surface area contributed by atoms with E-state index in [9.17, 15) is 18.0 Å². The van der Waals surface area contributed by atoms with Gasteiger partial charge in [0.1, 0.15) is 0 Å². The largest absolute Gasteiger partial charge is 0.462 e. The first-order chi connectivity index (χ1) is 10.9. The zero-order valence-electron chi connectivity index (χ0n) is 13.1. The summed E-state index contributed by atoms with van der Waals surface area (Å²) in [6.45, 7) is 2.29. The van der Waals surface area contributed by atoms with E-state index in [0.717, 1.165) is 6.42 Å². The molecule has 1 N–H and O–H groups in total. The standard InChI is InChI=1S/C16H21NO5S/c1-2-8-22-16(19)13-3-5-14(6-4-13)17-15(18)10-12-7-9-23(20,21)11-12/h3-6,12H,2,7-11H2,1H3,(H,17,18)/t12-/m0/s1. The van der Waals surface area contributed by atoms with Gasteiger partial charge < -0.3 is 10.1 Å². The van der Waals surface area contributed by atoms with Crippen molar-refractivity contribution in [1.29, 1.82) is 0 Å². The molecule has 1 saturated heterocycles. The van der Waals surface area contributed by atoms with E-state index in [4.69, 9.17) is 4.74 Å². The van der Waals surface area contributed by atoms with Crippen molar-refractivity contribution in [3.8, 4) is 0 Å². The molecule has 0 aromatic heterocycles. The van der Waals surface area contributed by atoms with Crippen LogP contribution in [0.3, 0.4) is 0 Å². The first-order valence-corrected chi connectivity index (χ1v) is 9.49. The Labute approximate surface area is 136 Å². The predicted octanol–water partition coefficient (Wildman–Crippen LogP) is 2.02. The Bertz CT molecular complexity index is 666. The molecule has 7 heteroatoms. The Kier molecular flexibility index (Phi) is 5.76. The van der Waals surface area contributed by atoms with Crippen LogP contribution in [0, 0.1) is 5.92 Å². The van der Waals surface area contributed by atoms with Crippen molar-refractivity contribution in [2.75, 3.05) is 23.4 Å². The lowest BCUT2D eigenvalue weighted by atomic mass is 10.0. The van der Waals surface area contributed by atoms with E-state index in [1.807, 2.05) is 6.92 Å². The van der Waals surface area contributed by atoms with Gasteiger partial charge in [0.25, 0.3) is 0 Å². The normalized spacial score (nSPS) is 19.3. The average Bonchev–Trinajstić information content (AvgIpc) is 2.84. The number of sulfone groups is 1. The van der Waals surface area contributed by atoms with Crippen LogP contribution in [-0.2, 0) is 19.4 Å². The number of carbonyl (C=O) groups excluding carboxylic acids is 2. The minimum Gasteiger partial charge on any atom is -0.462 e. The number of benzene rings is 1. The number of anilines is 1. The maximum atomic E-state index is 11.9. The molecule has 1 fully saturated rings. The van der Waals surface area contributed by atoms with E-state index in [0.29, 0.717) is 24.3 Å². The molecule has 0 bridgehead atoms. The average molecular weight is 339 g/mol. The lowest BCUT2D eigenvalue weighted by Gasteiger charge is -2.09. The van der Waals surface area contributed by atoms with Gasteiger partial charge in [-0.3, -0.25) is 4.79 Å². The number of ether oxygens (including phenoxy) is 1. The maximum Gasteiger partial charge on any atom is 0.338 e. The topological polar surface area (TPSA) is 89.5 Å². The molecule has 0 radical (unpaired) electrons. The van der Waals surface area contributed by atoms with E-state index >= 15 is 0 Å². The van der Waals surface area contributed by atoms with Crippen LogP contribution in [0.25, 0.3) is 0 Å². The highest BCUT2D eigenvalue weighted by atomic mass is 32.2. The van der Waals surface area contributed by atoms with E-state index < -0.39 is 9.84 Å². The zero-order chi connectivity index (χ0) is 16.9. The molecular formula is C16H21NO5S. The third kappa shape index (κ3) is 5.35. The maximum absolute atomic E-state index is 11.9. The van der Waals surface area contributed by atoms with Crippen LogP contribution in [0.1, 0.15) is 36.5 Å². The van der Waals surface area contributed by atoms with Gasteiger partial charge in [-0.05, 0) is 43.0 Å². The van der Waals surface area contributed by atoms with Gasteiger partial charge in [-0.2, -0.15) is 0 Å². The summed E-state index contributed by atoms with van der Waals surface area (Å²) < 4.78 is 27.8. The summed E-state index contributed by atoms with van der Waals surface area (Å²) in [6.07, 6.45) is 1.49. The molecule has 0 spiro atoms. The van der Waals surface area contributed by atoms with Gasteiger partial charge in [-0.1, -0.05) is 6.92 Å². The molecule has 0 unspecified atom stereocenters. The number of hydrogen-bond acceptors (Lipinski definition) is 5. The molecule has 1 aromatic rings. The van der Waals surface area contributed by atoms with E-state index in [1.165, 1.54) is 0 Å². The summed E-state index contributed by atoms with van der Waals surface area (Å²) in [5.74, 6) is -0.458. The molecule has 1 heterocycles. The van der Waals surface area contributed by atoms with Gasteiger partial charge in [-0.25, -0.2) is 13.2 Å². The fourth-order valence-corrected chi connectivity index (χ4v) is 4.34. The summed E-state index contributed by atoms with van der Waals surface area (Å²) in [5, 5.41) is 2.72. The second-order valence-corrected chi connectivity index (χ2v) is 7.96. The summed E-state index contributed by atoms with van der Waals surface area (Å²) in [7, 11) is -2.97. The van der Waals surface area contributed by atoms with Gasteiger partial charge in [-0.15, -0.1) is 0 Å². The van der Waals surface area contributed by atoms with Crippen LogP contribution in [0.4, 0.5) is 5.69 Å². The van der Waals surface area contributed by atoms with Crippen molar-refractivity contribution >= 4 is 27.4 Å². The molecule has 126 valence electrons. The second kappa shape index (κ2) is 7.59. The Morgan fingerprint density at radius 2 is 1.96 bits per heavy atom. The number of amides is 1. The Morgan fingerprint density at radius 1 is 1.26 bits per heavy atom. The molecule has 1 amide bonds. The highest BCUT2D eigenvalue weighted by Gasteiger charge is 2.29. The Morgan fingerprint density at radius 3 is 2.52 bits per heavy atom. The lowest BCUT2D eigenvalue weighted by molar-refractivity contribution is -0.116. The molecule has 0 saturated carbocycles.